The fourth-order valence-corrected chi connectivity index (χ4v) is 2.06. The number of aliphatic hydroxyl groups is 3. The average Bonchev–Trinajstić information content (AvgIpc) is 2.43. The van der Waals surface area contributed by atoms with Crippen molar-refractivity contribution in [3.05, 3.63) is 0 Å². The molecule has 0 heterocycles. The molecule has 0 rings (SSSR count). The molecule has 20 heavy (non-hydrogen) atoms. The van der Waals surface area contributed by atoms with E-state index < -0.39 is 12.2 Å². The lowest BCUT2D eigenvalue weighted by Gasteiger charge is -2.22. The van der Waals surface area contributed by atoms with Gasteiger partial charge in [0.2, 0.25) is 0 Å². The van der Waals surface area contributed by atoms with Gasteiger partial charge < -0.3 is 20.1 Å². The number of Topliss-reactive ketones (excluding diaryl/α,β-unsaturated/α-hetero) is 1. The highest BCUT2D eigenvalue weighted by molar-refractivity contribution is 5.81. The Hall–Kier alpha value is -0.490. The van der Waals surface area contributed by atoms with E-state index in [0.29, 0.717) is 38.5 Å². The smallest absolute Gasteiger partial charge is 0.164 e. The average molecular weight is 290 g/mol. The number of hydrogen-bond donors (Lipinski definition) is 3. The van der Waals surface area contributed by atoms with Gasteiger partial charge in [0.05, 0.1) is 18.6 Å². The molecule has 0 radical (unpaired) electrons. The zero-order valence-electron chi connectivity index (χ0n) is 12.8. The van der Waals surface area contributed by atoms with Crippen LogP contribution in [0, 0.1) is 5.92 Å². The number of carbonyl (C=O) groups excluding carboxylic acids is 1. The Morgan fingerprint density at radius 2 is 1.85 bits per heavy atom. The van der Waals surface area contributed by atoms with E-state index in [9.17, 15) is 15.0 Å². The lowest BCUT2D eigenvalue weighted by Crippen LogP contribution is -2.31. The van der Waals surface area contributed by atoms with Gasteiger partial charge in [-0.3, -0.25) is 4.79 Å². The third-order valence-corrected chi connectivity index (χ3v) is 3.37. The zero-order valence-corrected chi connectivity index (χ0v) is 12.8. The topological polar surface area (TPSA) is 87.0 Å². The molecule has 0 aliphatic rings. The van der Waals surface area contributed by atoms with Crippen LogP contribution in [-0.4, -0.2) is 46.7 Å². The van der Waals surface area contributed by atoms with Crippen molar-refractivity contribution in [1.29, 1.82) is 0 Å². The van der Waals surface area contributed by atoms with Crippen LogP contribution in [0.1, 0.15) is 58.8 Å². The van der Waals surface area contributed by atoms with Crippen molar-refractivity contribution < 1.29 is 24.9 Å². The van der Waals surface area contributed by atoms with Gasteiger partial charge in [-0.25, -0.2) is 0 Å². The Morgan fingerprint density at radius 3 is 2.40 bits per heavy atom. The highest BCUT2D eigenvalue weighted by Gasteiger charge is 2.26. The SMILES string of the molecule is CCCC(=O)C(CCCC(O)CC)C(O)OCCCO. The van der Waals surface area contributed by atoms with Crippen molar-refractivity contribution in [1.82, 2.24) is 0 Å². The number of aliphatic hydroxyl groups excluding tert-OH is 3. The third-order valence-electron chi connectivity index (χ3n) is 3.37. The summed E-state index contributed by atoms with van der Waals surface area (Å²) >= 11 is 0. The van der Waals surface area contributed by atoms with Crippen LogP contribution in [0.3, 0.4) is 0 Å². The van der Waals surface area contributed by atoms with Crippen molar-refractivity contribution in [3.8, 4) is 0 Å². The van der Waals surface area contributed by atoms with Crippen molar-refractivity contribution in [2.75, 3.05) is 13.2 Å². The molecule has 0 aromatic carbocycles. The van der Waals surface area contributed by atoms with E-state index in [1.807, 2.05) is 13.8 Å². The van der Waals surface area contributed by atoms with E-state index in [1.165, 1.54) is 0 Å². The molecular formula is C15H30O5. The molecule has 5 nitrogen and oxygen atoms in total. The van der Waals surface area contributed by atoms with E-state index in [1.54, 1.807) is 0 Å². The molecule has 0 aromatic heterocycles. The second-order valence-electron chi connectivity index (χ2n) is 5.15. The van der Waals surface area contributed by atoms with Gasteiger partial charge in [-0.2, -0.15) is 0 Å². The van der Waals surface area contributed by atoms with Gasteiger partial charge in [0, 0.05) is 13.0 Å². The number of ether oxygens (including phenoxy) is 1. The number of carbonyl (C=O) groups is 1. The lowest BCUT2D eigenvalue weighted by atomic mass is 9.93. The largest absolute Gasteiger partial charge is 0.396 e. The van der Waals surface area contributed by atoms with E-state index in [-0.39, 0.29) is 25.1 Å². The van der Waals surface area contributed by atoms with E-state index in [0.717, 1.165) is 6.42 Å². The second-order valence-corrected chi connectivity index (χ2v) is 5.15. The van der Waals surface area contributed by atoms with Gasteiger partial charge in [-0.15, -0.1) is 0 Å². The van der Waals surface area contributed by atoms with Crippen LogP contribution in [0.2, 0.25) is 0 Å². The predicted molar refractivity (Wildman–Crippen MR) is 77.2 cm³/mol. The molecule has 5 heteroatoms. The van der Waals surface area contributed by atoms with Crippen LogP contribution in [0.25, 0.3) is 0 Å². The van der Waals surface area contributed by atoms with Gasteiger partial charge in [0.1, 0.15) is 5.78 Å². The first-order chi connectivity index (χ1) is 9.56. The highest BCUT2D eigenvalue weighted by Crippen LogP contribution is 2.19. The van der Waals surface area contributed by atoms with Crippen LogP contribution in [0.4, 0.5) is 0 Å². The predicted octanol–water partition coefficient (Wildman–Crippen LogP) is 1.63. The Kier molecular flexibility index (Phi) is 12.0. The summed E-state index contributed by atoms with van der Waals surface area (Å²) in [6.07, 6.45) is 2.71. The normalized spacial score (nSPS) is 15.8. The van der Waals surface area contributed by atoms with Crippen molar-refractivity contribution in [2.45, 2.75) is 71.2 Å². The molecular weight excluding hydrogens is 260 g/mol. The van der Waals surface area contributed by atoms with Crippen molar-refractivity contribution >= 4 is 5.78 Å². The summed E-state index contributed by atoms with van der Waals surface area (Å²) in [7, 11) is 0. The van der Waals surface area contributed by atoms with Crippen molar-refractivity contribution in [3.63, 3.8) is 0 Å². The highest BCUT2D eigenvalue weighted by atomic mass is 16.6. The maximum atomic E-state index is 12.0. The molecule has 0 aliphatic carbocycles. The van der Waals surface area contributed by atoms with Crippen LogP contribution in [-0.2, 0) is 9.53 Å². The first kappa shape index (κ1) is 19.5. The van der Waals surface area contributed by atoms with Gasteiger partial charge in [0.25, 0.3) is 0 Å². The monoisotopic (exact) mass is 290 g/mol. The first-order valence-electron chi connectivity index (χ1n) is 7.68. The molecule has 0 aromatic rings. The van der Waals surface area contributed by atoms with E-state index in [4.69, 9.17) is 9.84 Å². The van der Waals surface area contributed by atoms with Gasteiger partial charge in [0.15, 0.2) is 6.29 Å². The maximum Gasteiger partial charge on any atom is 0.164 e. The first-order valence-corrected chi connectivity index (χ1v) is 7.68. The number of rotatable bonds is 13. The van der Waals surface area contributed by atoms with Crippen LogP contribution in [0.15, 0.2) is 0 Å². The summed E-state index contributed by atoms with van der Waals surface area (Å²) in [5.41, 5.74) is 0. The third kappa shape index (κ3) is 8.64. The number of hydrogen-bond acceptors (Lipinski definition) is 5. The fourth-order valence-electron chi connectivity index (χ4n) is 2.06. The Morgan fingerprint density at radius 1 is 1.15 bits per heavy atom. The molecule has 0 spiro atoms. The van der Waals surface area contributed by atoms with Crippen molar-refractivity contribution in [2.24, 2.45) is 5.92 Å². The Balaban J connectivity index is 4.28. The lowest BCUT2D eigenvalue weighted by molar-refractivity contribution is -0.157. The summed E-state index contributed by atoms with van der Waals surface area (Å²) < 4.78 is 5.21. The van der Waals surface area contributed by atoms with Crippen LogP contribution in [0.5, 0.6) is 0 Å². The summed E-state index contributed by atoms with van der Waals surface area (Å²) in [6.45, 7) is 4.08. The molecule has 0 amide bonds. The number of ketones is 1. The molecule has 120 valence electrons. The molecule has 0 saturated carbocycles. The summed E-state index contributed by atoms with van der Waals surface area (Å²) in [6, 6.07) is 0. The van der Waals surface area contributed by atoms with Crippen LogP contribution < -0.4 is 0 Å². The quantitative estimate of drug-likeness (QED) is 0.354. The standard InChI is InChI=1S/C15H30O5/c1-3-7-14(18)13(9-5-8-12(17)4-2)15(19)20-11-6-10-16/h12-13,15-17,19H,3-11H2,1-2H3. The molecule has 3 N–H and O–H groups in total. The molecule has 0 fully saturated rings. The van der Waals surface area contributed by atoms with E-state index in [2.05, 4.69) is 0 Å². The summed E-state index contributed by atoms with van der Waals surface area (Å²) in [5, 5.41) is 28.2. The summed E-state index contributed by atoms with van der Waals surface area (Å²) in [5.74, 6) is -0.521. The minimum Gasteiger partial charge on any atom is -0.396 e. The molecule has 3 unspecified atom stereocenters. The van der Waals surface area contributed by atoms with Gasteiger partial charge >= 0.3 is 0 Å². The maximum absolute atomic E-state index is 12.0. The zero-order chi connectivity index (χ0) is 15.4. The Labute approximate surface area is 122 Å². The fraction of sp³-hybridized carbons (Fsp3) is 0.933. The minimum atomic E-state index is -1.11. The van der Waals surface area contributed by atoms with Gasteiger partial charge in [-0.05, 0) is 38.5 Å². The van der Waals surface area contributed by atoms with Gasteiger partial charge in [-0.1, -0.05) is 13.8 Å². The second kappa shape index (κ2) is 12.3. The molecule has 0 bridgehead atoms. The van der Waals surface area contributed by atoms with E-state index >= 15 is 0 Å². The summed E-state index contributed by atoms with van der Waals surface area (Å²) in [4.78, 5) is 12.0. The molecule has 0 saturated heterocycles. The minimum absolute atomic E-state index is 0.00296. The molecule has 0 aliphatic heterocycles. The molecule has 3 atom stereocenters. The van der Waals surface area contributed by atoms with Crippen LogP contribution >= 0.6 is 0 Å². The Bertz CT molecular complexity index is 244.